The number of nitrogens with zero attached hydrogens (tertiary/aromatic N) is 5. The summed E-state index contributed by atoms with van der Waals surface area (Å²) in [5, 5.41) is 4.54. The van der Waals surface area contributed by atoms with E-state index in [0.717, 1.165) is 11.8 Å². The number of thiazole rings is 1. The number of pyridine rings is 1. The summed E-state index contributed by atoms with van der Waals surface area (Å²) in [6, 6.07) is 1.75. The van der Waals surface area contributed by atoms with Gasteiger partial charge in [0.1, 0.15) is 6.33 Å². The molecule has 1 saturated heterocycles. The SMILES string of the molecule is [2H]C([2H])([2H])c1ncc(S(=O)(=O)N2CCC(c3cn4ncnc4cc3Cl)CC2)s1. The van der Waals surface area contributed by atoms with E-state index >= 15 is 0 Å². The highest BCUT2D eigenvalue weighted by Gasteiger charge is 2.32. The van der Waals surface area contributed by atoms with Crippen LogP contribution in [0, 0.1) is 6.85 Å². The van der Waals surface area contributed by atoms with E-state index in [1.807, 2.05) is 6.20 Å². The van der Waals surface area contributed by atoms with Crippen LogP contribution < -0.4 is 0 Å². The van der Waals surface area contributed by atoms with Gasteiger partial charge in [-0.3, -0.25) is 0 Å². The van der Waals surface area contributed by atoms with Crippen molar-refractivity contribution in [1.82, 2.24) is 23.9 Å². The van der Waals surface area contributed by atoms with E-state index in [1.54, 1.807) is 10.6 Å². The number of piperidine rings is 1. The molecule has 3 aromatic rings. The molecule has 0 atom stereocenters. The van der Waals surface area contributed by atoms with Crippen LogP contribution >= 0.6 is 22.9 Å². The van der Waals surface area contributed by atoms with Gasteiger partial charge in [-0.1, -0.05) is 11.6 Å². The molecule has 7 nitrogen and oxygen atoms in total. The zero-order chi connectivity index (χ0) is 20.1. The predicted molar refractivity (Wildman–Crippen MR) is 95.6 cm³/mol. The van der Waals surface area contributed by atoms with E-state index in [9.17, 15) is 8.42 Å². The maximum absolute atomic E-state index is 12.8. The van der Waals surface area contributed by atoms with Crippen molar-refractivity contribution in [2.75, 3.05) is 13.1 Å². The second-order valence-corrected chi connectivity index (χ2v) is 9.40. The van der Waals surface area contributed by atoms with Gasteiger partial charge in [-0.05, 0) is 31.2 Å². The fourth-order valence-electron chi connectivity index (χ4n) is 3.07. The maximum Gasteiger partial charge on any atom is 0.254 e. The van der Waals surface area contributed by atoms with E-state index in [1.165, 1.54) is 10.6 Å². The standard InChI is InChI=1S/C15H16ClN5O2S2/c1-10-17-7-15(24-10)25(22,23)20-4-2-11(3-5-20)12-8-21-14(6-13(12)16)18-9-19-21/h6-9,11H,2-5H2,1H3/i1D3. The van der Waals surface area contributed by atoms with Crippen LogP contribution in [0.2, 0.25) is 5.02 Å². The first-order valence-corrected chi connectivity index (χ1v) is 10.2. The van der Waals surface area contributed by atoms with E-state index in [-0.39, 0.29) is 15.1 Å². The minimum Gasteiger partial charge on any atom is -0.249 e. The van der Waals surface area contributed by atoms with Crippen LogP contribution in [0.1, 0.15) is 33.4 Å². The molecule has 1 aliphatic heterocycles. The Morgan fingerprint density at radius 3 is 2.88 bits per heavy atom. The van der Waals surface area contributed by atoms with Crippen molar-refractivity contribution in [3.8, 4) is 0 Å². The molecule has 3 aromatic heterocycles. The van der Waals surface area contributed by atoms with Gasteiger partial charge in [0.15, 0.2) is 9.86 Å². The van der Waals surface area contributed by atoms with Crippen LogP contribution in [0.15, 0.2) is 29.0 Å². The molecule has 132 valence electrons. The molecule has 0 amide bonds. The summed E-state index contributed by atoms with van der Waals surface area (Å²) in [6.07, 6.45) is 5.62. The van der Waals surface area contributed by atoms with Gasteiger partial charge in [0.25, 0.3) is 10.0 Å². The number of rotatable bonds is 3. The highest BCUT2D eigenvalue weighted by atomic mass is 35.5. The third-order valence-corrected chi connectivity index (χ3v) is 7.84. The summed E-state index contributed by atoms with van der Waals surface area (Å²) >= 11 is 7.09. The van der Waals surface area contributed by atoms with Crippen molar-refractivity contribution in [3.63, 3.8) is 0 Å². The minimum atomic E-state index is -3.76. The van der Waals surface area contributed by atoms with Gasteiger partial charge in [-0.2, -0.15) is 9.40 Å². The Morgan fingerprint density at radius 2 is 2.16 bits per heavy atom. The second-order valence-electron chi connectivity index (χ2n) is 5.80. The molecule has 0 radical (unpaired) electrons. The summed E-state index contributed by atoms with van der Waals surface area (Å²) in [5.41, 5.74) is 1.57. The van der Waals surface area contributed by atoms with Gasteiger partial charge in [0.2, 0.25) is 0 Å². The van der Waals surface area contributed by atoms with E-state index in [2.05, 4.69) is 15.1 Å². The number of halogens is 1. The molecule has 0 aliphatic carbocycles. The maximum atomic E-state index is 12.8. The molecular formula is C15H16ClN5O2S2. The molecule has 0 spiro atoms. The van der Waals surface area contributed by atoms with Crippen LogP contribution in [0.4, 0.5) is 0 Å². The average Bonchev–Trinajstić information content (AvgIpc) is 3.30. The van der Waals surface area contributed by atoms with Gasteiger partial charge in [0.05, 0.1) is 11.2 Å². The van der Waals surface area contributed by atoms with Gasteiger partial charge in [-0.15, -0.1) is 11.3 Å². The number of aryl methyl sites for hydroxylation is 1. The van der Waals surface area contributed by atoms with Gasteiger partial charge >= 0.3 is 0 Å². The van der Waals surface area contributed by atoms with Gasteiger partial charge in [0, 0.05) is 34.5 Å². The Hall–Kier alpha value is -1.55. The first-order valence-electron chi connectivity index (χ1n) is 9.11. The highest BCUT2D eigenvalue weighted by Crippen LogP contribution is 2.35. The lowest BCUT2D eigenvalue weighted by Crippen LogP contribution is -2.37. The molecule has 0 saturated carbocycles. The van der Waals surface area contributed by atoms with Gasteiger partial charge < -0.3 is 0 Å². The zero-order valence-corrected chi connectivity index (χ0v) is 15.4. The van der Waals surface area contributed by atoms with Crippen molar-refractivity contribution in [1.29, 1.82) is 0 Å². The number of hydrogen-bond acceptors (Lipinski definition) is 6. The van der Waals surface area contributed by atoms with E-state index in [4.69, 9.17) is 15.7 Å². The highest BCUT2D eigenvalue weighted by molar-refractivity contribution is 7.91. The normalized spacial score (nSPS) is 19.6. The molecule has 25 heavy (non-hydrogen) atoms. The van der Waals surface area contributed by atoms with Crippen LogP contribution in [0.25, 0.3) is 5.65 Å². The minimum absolute atomic E-state index is 0.0425. The number of hydrogen-bond donors (Lipinski definition) is 0. The zero-order valence-electron chi connectivity index (χ0n) is 16.0. The molecular weight excluding hydrogens is 382 g/mol. The summed E-state index contributed by atoms with van der Waals surface area (Å²) in [6.45, 7) is -1.78. The molecule has 0 bridgehead atoms. The molecule has 1 aliphatic rings. The van der Waals surface area contributed by atoms with Crippen molar-refractivity contribution in [2.45, 2.75) is 29.8 Å². The number of sulfonamides is 1. The molecule has 0 unspecified atom stereocenters. The van der Waals surface area contributed by atoms with E-state index < -0.39 is 16.9 Å². The summed E-state index contributed by atoms with van der Waals surface area (Å²) in [4.78, 5) is 7.86. The largest absolute Gasteiger partial charge is 0.254 e. The lowest BCUT2D eigenvalue weighted by Gasteiger charge is -2.31. The smallest absolute Gasteiger partial charge is 0.249 e. The third-order valence-electron chi connectivity index (χ3n) is 4.37. The van der Waals surface area contributed by atoms with Crippen molar-refractivity contribution >= 4 is 38.6 Å². The Morgan fingerprint density at radius 1 is 1.36 bits per heavy atom. The lowest BCUT2D eigenvalue weighted by molar-refractivity contribution is 0.319. The summed E-state index contributed by atoms with van der Waals surface area (Å²) in [7, 11) is -3.76. The fraction of sp³-hybridized carbons (Fsp3) is 0.400. The summed E-state index contributed by atoms with van der Waals surface area (Å²) in [5.74, 6) is 0.104. The van der Waals surface area contributed by atoms with Crippen molar-refractivity contribution in [3.05, 3.63) is 40.4 Å². The molecule has 4 rings (SSSR count). The molecule has 0 N–H and O–H groups in total. The van der Waals surface area contributed by atoms with Crippen molar-refractivity contribution in [2.24, 2.45) is 0 Å². The van der Waals surface area contributed by atoms with Crippen LogP contribution in [0.5, 0.6) is 0 Å². The van der Waals surface area contributed by atoms with Crippen molar-refractivity contribution < 1.29 is 12.5 Å². The number of aromatic nitrogens is 4. The first-order chi connectivity index (χ1) is 13.2. The Bertz CT molecular complexity index is 1120. The van der Waals surface area contributed by atoms with E-state index in [0.29, 0.717) is 47.9 Å². The number of fused-ring (bicyclic) bond motifs is 1. The molecule has 1 fully saturated rings. The quantitative estimate of drug-likeness (QED) is 0.675. The van der Waals surface area contributed by atoms with Crippen LogP contribution in [-0.4, -0.2) is 45.4 Å². The molecule has 4 heterocycles. The topological polar surface area (TPSA) is 80.5 Å². The molecule has 10 heteroatoms. The summed E-state index contributed by atoms with van der Waals surface area (Å²) < 4.78 is 50.8. The first kappa shape index (κ1) is 13.6. The second kappa shape index (κ2) is 6.31. The molecule has 0 aromatic carbocycles. The predicted octanol–water partition coefficient (Wildman–Crippen LogP) is 2.72. The third kappa shape index (κ3) is 3.05. The Labute approximate surface area is 158 Å². The lowest BCUT2D eigenvalue weighted by atomic mass is 9.91. The monoisotopic (exact) mass is 400 g/mol. The average molecular weight is 401 g/mol. The van der Waals surface area contributed by atoms with Crippen LogP contribution in [-0.2, 0) is 10.0 Å². The Balaban J connectivity index is 1.51. The van der Waals surface area contributed by atoms with Crippen LogP contribution in [0.3, 0.4) is 0 Å². The Kier molecular flexibility index (Phi) is 3.44. The fourth-order valence-corrected chi connectivity index (χ4v) is 5.87. The van der Waals surface area contributed by atoms with Gasteiger partial charge in [-0.25, -0.2) is 22.9 Å².